The number of anilines is 2. The number of carboxylic acids is 5. The van der Waals surface area contributed by atoms with Gasteiger partial charge in [-0.1, -0.05) is 88.1 Å². The second-order valence-corrected chi connectivity index (χ2v) is 37.4. The summed E-state index contributed by atoms with van der Waals surface area (Å²) in [7, 11) is 3.73. The summed E-state index contributed by atoms with van der Waals surface area (Å²) < 4.78 is 16.8. The molecule has 2 unspecified atom stereocenters. The normalized spacial score (nSPS) is 15.1. The fourth-order valence-electron chi connectivity index (χ4n) is 15.0. The summed E-state index contributed by atoms with van der Waals surface area (Å²) in [5.41, 5.74) is 16.0. The molecule has 1 aliphatic heterocycles. The number of aromatic amines is 1. The van der Waals surface area contributed by atoms with E-state index in [0.29, 0.717) is 36.2 Å². The van der Waals surface area contributed by atoms with E-state index in [0.717, 1.165) is 52.3 Å². The number of amides is 7. The van der Waals surface area contributed by atoms with Crippen molar-refractivity contribution < 1.29 is 131 Å². The van der Waals surface area contributed by atoms with Crippen LogP contribution in [0.5, 0.6) is 5.75 Å². The molecule has 0 aliphatic carbocycles. The molecule has 1 aliphatic rings. The van der Waals surface area contributed by atoms with Crippen molar-refractivity contribution in [3.8, 4) is 5.75 Å². The van der Waals surface area contributed by atoms with Crippen LogP contribution in [0.2, 0.25) is 0 Å². The molecule has 13 atom stereocenters. The molecule has 46 nitrogen and oxygen atoms in total. The number of aliphatic carboxylic acids is 5. The predicted octanol–water partition coefficient (Wildman–Crippen LogP) is 4.96. The van der Waals surface area contributed by atoms with Crippen molar-refractivity contribution in [2.24, 2.45) is 47.2 Å². The Bertz CT molecular complexity index is 5180. The molecule has 4 heterocycles. The number of phenols is 1. The third-order valence-electron chi connectivity index (χ3n) is 22.7. The van der Waals surface area contributed by atoms with E-state index in [-0.39, 0.29) is 139 Å². The Morgan fingerprint density at radius 1 is 0.703 bits per heavy atom. The molecule has 49 heteroatoms. The van der Waals surface area contributed by atoms with Gasteiger partial charge in [0.2, 0.25) is 29.6 Å². The minimum absolute atomic E-state index is 0.0143. The zero-order valence-corrected chi connectivity index (χ0v) is 80.1. The number of nitrogens with one attached hydrogen (secondary N) is 10. The van der Waals surface area contributed by atoms with Gasteiger partial charge >= 0.3 is 47.9 Å². The number of piperidine rings is 1. The van der Waals surface area contributed by atoms with Crippen molar-refractivity contribution in [3.63, 3.8) is 0 Å². The minimum Gasteiger partial charge on any atom is -0.508 e. The third kappa shape index (κ3) is 38.7. The smallest absolute Gasteiger partial charge is 0.426 e. The third-order valence-corrected chi connectivity index (χ3v) is 26.0. The Morgan fingerprint density at radius 2 is 1.36 bits per heavy atom. The van der Waals surface area contributed by atoms with Gasteiger partial charge in [0.15, 0.2) is 47.3 Å². The van der Waals surface area contributed by atoms with Gasteiger partial charge in [-0.15, -0.1) is 11.3 Å². The number of likely N-dealkylation sites (tertiary alicyclic amines) is 1. The number of Topliss-reactive ketones (excluding diaryl/α,β-unsaturated/α-hetero) is 4. The monoisotopic (exact) mass is 1990 g/mol. The molecule has 0 radical (unpaired) electrons. The van der Waals surface area contributed by atoms with Gasteiger partial charge in [-0.25, -0.2) is 30.0 Å². The number of nitrogens with two attached hydrogens (primary N) is 2. The number of guanidine groups is 1. The van der Waals surface area contributed by atoms with Gasteiger partial charge in [0.25, 0.3) is 17.4 Å². The van der Waals surface area contributed by atoms with Crippen molar-refractivity contribution >= 4 is 168 Å². The molecule has 754 valence electrons. The summed E-state index contributed by atoms with van der Waals surface area (Å²) in [5.74, 6) is -26.6. The van der Waals surface area contributed by atoms with E-state index in [1.54, 1.807) is 19.1 Å². The second kappa shape index (κ2) is 57.0. The number of fused-ring (bicyclic) bond motifs is 1. The van der Waals surface area contributed by atoms with Gasteiger partial charge < -0.3 is 93.1 Å². The number of ketones is 4. The molecule has 3 aromatic heterocycles. The quantitative estimate of drug-likeness (QED) is 0.00357. The van der Waals surface area contributed by atoms with Gasteiger partial charge in [0, 0.05) is 110 Å². The molecule has 7 amide bonds. The number of carbonyl (C=O) groups is 18. The van der Waals surface area contributed by atoms with Crippen LogP contribution < -0.4 is 59.8 Å². The number of esters is 2. The first-order valence-electron chi connectivity index (χ1n) is 44.7. The van der Waals surface area contributed by atoms with Crippen molar-refractivity contribution in [2.45, 2.75) is 226 Å². The lowest BCUT2D eigenvalue weighted by Crippen LogP contribution is -2.50. The van der Waals surface area contributed by atoms with Crippen LogP contribution in [0.25, 0.3) is 11.2 Å². The summed E-state index contributed by atoms with van der Waals surface area (Å²) in [4.78, 5) is 275. The number of rotatable bonds is 61. The SMILES string of the molecule is CCCC(=O)OCN(C(=O)[C@@H](CC(=O)[C@H]1CCCCN1C)C(C)CC)C(C[C@@H](OC(C)=O)c1nc(C(=O)N[C@@H](Cc2ccc(O)cc2)C[C@H](C)C(=O)NNC(=O)OCCSSC[C@@H](CC(=O)[C@H](CC(=O)O)NC(=O)[C@H](CC(=O)O)CC(=O)[C@H](CCCNC(=N)N)NC(=O)[C@H](CC(=O)O)CC(=O)CC[C@H](NC(=O)c2ccc(NCc3cnc4nc(N)[nH]c(=O)c4n3)cc2)C(=O)O)C(=O)O)cs1)C(C)C. The van der Waals surface area contributed by atoms with Crippen LogP contribution >= 0.6 is 32.9 Å². The maximum Gasteiger partial charge on any atom is 0.426 e. The first-order valence-corrected chi connectivity index (χ1v) is 48.1. The van der Waals surface area contributed by atoms with Crippen LogP contribution in [0, 0.1) is 46.8 Å². The fraction of sp³-hybridized carbons (Fsp3) is 0.551. The number of H-pyrrole nitrogens is 1. The van der Waals surface area contributed by atoms with E-state index in [1.807, 2.05) is 39.6 Å². The highest BCUT2D eigenvalue weighted by molar-refractivity contribution is 8.76. The van der Waals surface area contributed by atoms with Crippen LogP contribution in [0.4, 0.5) is 16.4 Å². The molecule has 0 saturated carbocycles. The lowest BCUT2D eigenvalue weighted by molar-refractivity contribution is -0.162. The Balaban J connectivity index is 1.02. The van der Waals surface area contributed by atoms with Crippen LogP contribution in [-0.2, 0) is 99.1 Å². The lowest BCUT2D eigenvalue weighted by atomic mass is 9.82. The zero-order chi connectivity index (χ0) is 102. The highest BCUT2D eigenvalue weighted by Crippen LogP contribution is 2.35. The number of phenolic OH excluding ortho intramolecular Hbond substituents is 1. The molecule has 2 aromatic carbocycles. The van der Waals surface area contributed by atoms with E-state index in [9.17, 15) is 117 Å². The number of carbonyl (C=O) groups excluding carboxylic acids is 13. The molecule has 20 N–H and O–H groups in total. The Labute approximate surface area is 805 Å². The van der Waals surface area contributed by atoms with E-state index in [4.69, 9.17) is 31.1 Å². The molecule has 0 spiro atoms. The Hall–Kier alpha value is -13.3. The van der Waals surface area contributed by atoms with Crippen LogP contribution in [0.1, 0.15) is 214 Å². The first kappa shape index (κ1) is 113. The maximum atomic E-state index is 15.1. The van der Waals surface area contributed by atoms with E-state index in [1.165, 1.54) is 66.7 Å². The number of nitrogen functional groups attached to an aromatic ring is 1. The molecule has 0 bridgehead atoms. The van der Waals surface area contributed by atoms with Gasteiger partial charge in [0.05, 0.1) is 73.6 Å². The summed E-state index contributed by atoms with van der Waals surface area (Å²) >= 11 is 1.00. The summed E-state index contributed by atoms with van der Waals surface area (Å²) in [6.07, 6.45) is -5.28. The standard InChI is InChI=1S/C89H122N18O28S3/c1-9-14-74(120)134-45-107(84(127)60(47(5)10-2)38-69(113)65-16-11-12-28-106(65)8)66(46(3)4)40-70(135-49(7)108)83-101-64(44-136-83)81(125)97-56(32-50-17-23-58(109)24-18-50)31-48(6)77(121)104-105-89(132)133-29-30-137-138-43-54(85(128)129)35-68(112)63(39-73(118)119)100-80(124)53(37-72(116)117)34-67(111)61(15-13-27-93-87(90)91)98-79(123)52(36-71(114)115)33-59(110)25-26-62(86(130)131)99-78(122)51-19-21-55(22-20-51)94-41-57-42-95-76-75(96-57)82(126)103-88(92)102-76/h17-24,42,44,46-48,52-54,56,60-63,65-66,70,94,109H,9-16,25-41,43,45H2,1-8H3,(H,97,125)(H,98,123)(H,99,122)(H,100,124)(H,104,121)(H,105,132)(H,114,115)(H,116,117)(H,118,119)(H,128,129)(H,130,131)(H4,90,91,93)(H3,92,95,102,103,126)/t47?,48-,52-,53-,54+,56+,60-,61-,62-,63-,65+,66?,70+/m0/s1. The fourth-order valence-corrected chi connectivity index (χ4v) is 18.0. The number of hydrogen-bond donors (Lipinski definition) is 18. The van der Waals surface area contributed by atoms with Crippen LogP contribution in [0.15, 0.2) is 64.9 Å². The van der Waals surface area contributed by atoms with Crippen LogP contribution in [-0.4, -0.2) is 259 Å². The largest absolute Gasteiger partial charge is 0.508 e. The topological polar surface area (TPSA) is 719 Å². The van der Waals surface area contributed by atoms with Crippen molar-refractivity contribution in [1.29, 1.82) is 5.41 Å². The minimum atomic E-state index is -2.03. The van der Waals surface area contributed by atoms with E-state index < -0.39 is 236 Å². The van der Waals surface area contributed by atoms with Crippen LogP contribution in [0.3, 0.4) is 0 Å². The lowest BCUT2D eigenvalue weighted by Gasteiger charge is -2.39. The Kier molecular flexibility index (Phi) is 46.9. The predicted molar refractivity (Wildman–Crippen MR) is 501 cm³/mol. The molecule has 1 saturated heterocycles. The first-order chi connectivity index (χ1) is 65.3. The van der Waals surface area contributed by atoms with Gasteiger partial charge in [-0.2, -0.15) is 4.98 Å². The number of benzene rings is 2. The van der Waals surface area contributed by atoms with E-state index in [2.05, 4.69) is 67.7 Å². The molecular formula is C89H122N18O28S3. The number of hydrazine groups is 1. The van der Waals surface area contributed by atoms with Gasteiger partial charge in [-0.3, -0.25) is 102 Å². The number of ether oxygens (including phenoxy) is 3. The summed E-state index contributed by atoms with van der Waals surface area (Å²) in [6.45, 7) is 11.9. The molecule has 1 fully saturated rings. The van der Waals surface area contributed by atoms with Gasteiger partial charge in [0.1, 0.15) is 34.9 Å². The highest BCUT2D eigenvalue weighted by atomic mass is 33.1. The maximum absolute atomic E-state index is 15.1. The average Bonchev–Trinajstić information content (AvgIpc) is 1.18. The second-order valence-electron chi connectivity index (χ2n) is 33.8. The molecule has 5 aromatic rings. The number of likely N-dealkylation sites (N-methyl/N-ethyl adjacent to an activating group) is 1. The number of aromatic hydroxyl groups is 1. The summed E-state index contributed by atoms with van der Waals surface area (Å²) in [6, 6.07) is 4.31. The number of thiazole rings is 1. The van der Waals surface area contributed by atoms with Crippen molar-refractivity contribution in [3.05, 3.63) is 98.0 Å². The van der Waals surface area contributed by atoms with Gasteiger partial charge in [-0.05, 0) is 119 Å². The molecule has 138 heavy (non-hydrogen) atoms. The Morgan fingerprint density at radius 3 is 1.97 bits per heavy atom. The number of carboxylic acid groups (broad SMARTS) is 5. The number of nitrogens with zero attached hydrogens (tertiary/aromatic N) is 6. The number of hydrogen-bond acceptors (Lipinski definition) is 34. The van der Waals surface area contributed by atoms with Crippen molar-refractivity contribution in [2.75, 3.05) is 56.0 Å². The van der Waals surface area contributed by atoms with Crippen molar-refractivity contribution in [1.82, 2.24) is 72.2 Å². The molecule has 6 rings (SSSR count). The number of aromatic nitrogens is 5. The summed E-state index contributed by atoms with van der Waals surface area (Å²) in [5, 5.41) is 84.3. The van der Waals surface area contributed by atoms with E-state index >= 15 is 4.79 Å². The average molecular weight is 1990 g/mol. The highest BCUT2D eigenvalue weighted by Gasteiger charge is 2.42. The molecular weight excluding hydrogens is 1870 g/mol. The zero-order valence-electron chi connectivity index (χ0n) is 77.7.